The molecule has 4 N–H and O–H groups in total. The third-order valence-corrected chi connectivity index (χ3v) is 5.35. The maximum Gasteiger partial charge on any atom is 0.279 e. The number of rotatable bonds is 6. The molecule has 0 unspecified atom stereocenters. The maximum absolute atomic E-state index is 13.0. The highest BCUT2D eigenvalue weighted by molar-refractivity contribution is 5.97. The first-order chi connectivity index (χ1) is 13.8. The lowest BCUT2D eigenvalue weighted by Crippen LogP contribution is -2.93. The minimum atomic E-state index is -0.547. The first kappa shape index (κ1) is 21.1. The number of hydrogen-bond acceptors (Lipinski definition) is 2. The number of anilines is 1. The van der Waals surface area contributed by atoms with E-state index in [0.29, 0.717) is 18.8 Å². The van der Waals surface area contributed by atoms with E-state index in [1.54, 1.807) is 0 Å². The molecule has 1 heterocycles. The van der Waals surface area contributed by atoms with Crippen LogP contribution in [0.25, 0.3) is 0 Å². The molecule has 3 rings (SSSR count). The average molecular weight is 395 g/mol. The molecular weight excluding hydrogens is 362 g/mol. The maximum atomic E-state index is 13.0. The Morgan fingerprint density at radius 2 is 1.72 bits per heavy atom. The number of quaternary nitrogens is 1. The molecule has 5 heteroatoms. The fourth-order valence-corrected chi connectivity index (χ4v) is 4.00. The van der Waals surface area contributed by atoms with Crippen LogP contribution in [0.2, 0.25) is 0 Å². The molecule has 2 amide bonds. The first-order valence-electron chi connectivity index (χ1n) is 10.4. The van der Waals surface area contributed by atoms with Gasteiger partial charge in [0.2, 0.25) is 5.91 Å². The number of hydrogen-bond donors (Lipinski definition) is 3. The quantitative estimate of drug-likeness (QED) is 0.704. The number of carbonyl (C=O) groups excluding carboxylic acids is 2. The summed E-state index contributed by atoms with van der Waals surface area (Å²) in [4.78, 5) is 25.9. The third-order valence-electron chi connectivity index (χ3n) is 5.35. The van der Waals surface area contributed by atoms with E-state index in [2.05, 4.69) is 48.0 Å². The number of nitrogens with one attached hydrogen (secondary N) is 2. The molecule has 154 valence electrons. The number of aryl methyl sites for hydroxylation is 2. The highest BCUT2D eigenvalue weighted by Crippen LogP contribution is 2.16. The van der Waals surface area contributed by atoms with E-state index in [-0.39, 0.29) is 17.9 Å². The van der Waals surface area contributed by atoms with Gasteiger partial charge in [-0.15, -0.1) is 0 Å². The van der Waals surface area contributed by atoms with E-state index in [4.69, 9.17) is 0 Å². The number of fused-ring (bicyclic) bond motifs is 1. The summed E-state index contributed by atoms with van der Waals surface area (Å²) in [5.74, 6) is 0.0651. The summed E-state index contributed by atoms with van der Waals surface area (Å²) < 4.78 is 0. The van der Waals surface area contributed by atoms with Crippen LogP contribution in [0, 0.1) is 19.8 Å². The van der Waals surface area contributed by atoms with Crippen LogP contribution in [0.4, 0.5) is 5.69 Å². The Kier molecular flexibility index (Phi) is 6.70. The van der Waals surface area contributed by atoms with E-state index in [9.17, 15) is 9.59 Å². The fraction of sp³-hybridized carbons (Fsp3) is 0.417. The van der Waals surface area contributed by atoms with Gasteiger partial charge in [-0.2, -0.15) is 0 Å². The van der Waals surface area contributed by atoms with Crippen molar-refractivity contribution in [3.63, 3.8) is 0 Å². The average Bonchev–Trinajstić information content (AvgIpc) is 2.65. The normalized spacial score (nSPS) is 16.8. The zero-order valence-corrected chi connectivity index (χ0v) is 17.8. The smallest absolute Gasteiger partial charge is 0.279 e. The van der Waals surface area contributed by atoms with Crippen molar-refractivity contribution in [3.05, 3.63) is 64.7 Å². The Hall–Kier alpha value is -2.66. The number of amides is 2. The van der Waals surface area contributed by atoms with Crippen molar-refractivity contribution in [1.29, 1.82) is 0 Å². The van der Waals surface area contributed by atoms with Gasteiger partial charge in [0.05, 0.1) is 0 Å². The molecule has 0 aliphatic carbocycles. The molecule has 0 saturated heterocycles. The van der Waals surface area contributed by atoms with Crippen molar-refractivity contribution >= 4 is 17.5 Å². The minimum Gasteiger partial charge on any atom is -0.339 e. The molecule has 1 aliphatic rings. The number of carbonyl (C=O) groups is 2. The lowest BCUT2D eigenvalue weighted by molar-refractivity contribution is -0.695. The van der Waals surface area contributed by atoms with Gasteiger partial charge in [0.15, 0.2) is 6.04 Å². The number of benzene rings is 2. The SMILES string of the molecule is Cc1cc(C)cc(NC(=O)[C@@H](CC(C)C)NC(=O)[C@@H]2Cc3ccccc3C[NH2+]2)c1. The van der Waals surface area contributed by atoms with E-state index in [0.717, 1.165) is 23.4 Å². The molecule has 29 heavy (non-hydrogen) atoms. The highest BCUT2D eigenvalue weighted by atomic mass is 16.2. The van der Waals surface area contributed by atoms with Crippen LogP contribution in [0.5, 0.6) is 0 Å². The Labute approximate surface area is 173 Å². The summed E-state index contributed by atoms with van der Waals surface area (Å²) in [5.41, 5.74) is 5.46. The van der Waals surface area contributed by atoms with E-state index < -0.39 is 6.04 Å². The van der Waals surface area contributed by atoms with Gasteiger partial charge in [-0.05, 0) is 55.0 Å². The largest absolute Gasteiger partial charge is 0.339 e. The molecular formula is C24H32N3O2+. The second kappa shape index (κ2) is 9.23. The summed E-state index contributed by atoms with van der Waals surface area (Å²) in [5, 5.41) is 8.07. The molecule has 2 aromatic rings. The van der Waals surface area contributed by atoms with Gasteiger partial charge in [0, 0.05) is 17.7 Å². The van der Waals surface area contributed by atoms with Crippen LogP contribution in [0.15, 0.2) is 42.5 Å². The third kappa shape index (κ3) is 5.67. The second-order valence-electron chi connectivity index (χ2n) is 8.58. The Morgan fingerprint density at radius 3 is 2.38 bits per heavy atom. The molecule has 5 nitrogen and oxygen atoms in total. The van der Waals surface area contributed by atoms with Crippen LogP contribution in [-0.4, -0.2) is 23.9 Å². The predicted molar refractivity (Wildman–Crippen MR) is 115 cm³/mol. The lowest BCUT2D eigenvalue weighted by atomic mass is 9.95. The van der Waals surface area contributed by atoms with Gasteiger partial charge in [-0.1, -0.05) is 44.2 Å². The molecule has 2 aromatic carbocycles. The Morgan fingerprint density at radius 1 is 1.07 bits per heavy atom. The van der Waals surface area contributed by atoms with Gasteiger partial charge in [-0.3, -0.25) is 9.59 Å². The van der Waals surface area contributed by atoms with Crippen LogP contribution in [0.3, 0.4) is 0 Å². The molecule has 0 bridgehead atoms. The van der Waals surface area contributed by atoms with Crippen LogP contribution < -0.4 is 16.0 Å². The summed E-state index contributed by atoms with van der Waals surface area (Å²) in [6.07, 6.45) is 1.29. The fourth-order valence-electron chi connectivity index (χ4n) is 4.00. The molecule has 1 aliphatic heterocycles. The molecule has 0 saturated carbocycles. The molecule has 0 aromatic heterocycles. The van der Waals surface area contributed by atoms with Crippen molar-refractivity contribution in [1.82, 2.24) is 5.32 Å². The van der Waals surface area contributed by atoms with Crippen molar-refractivity contribution in [3.8, 4) is 0 Å². The van der Waals surface area contributed by atoms with Crippen LogP contribution in [-0.2, 0) is 22.6 Å². The van der Waals surface area contributed by atoms with E-state index >= 15 is 0 Å². The molecule has 0 radical (unpaired) electrons. The molecule has 0 fully saturated rings. The van der Waals surface area contributed by atoms with E-state index in [1.807, 2.05) is 38.1 Å². The van der Waals surface area contributed by atoms with Gasteiger partial charge < -0.3 is 16.0 Å². The Bertz CT molecular complexity index is 871. The zero-order valence-electron chi connectivity index (χ0n) is 17.8. The summed E-state index contributed by atoms with van der Waals surface area (Å²) in [6, 6.07) is 13.5. The van der Waals surface area contributed by atoms with E-state index in [1.165, 1.54) is 11.1 Å². The monoisotopic (exact) mass is 394 g/mol. The topological polar surface area (TPSA) is 74.8 Å². The standard InChI is InChI=1S/C24H31N3O2/c1-15(2)9-22(24(29)26-20-11-16(3)10-17(4)12-20)27-23(28)21-13-18-7-5-6-8-19(18)14-25-21/h5-8,10-12,15,21-22,25H,9,13-14H2,1-4H3,(H,26,29)(H,27,28)/p+1/t21-,22+/m0/s1. The second-order valence-corrected chi connectivity index (χ2v) is 8.58. The van der Waals surface area contributed by atoms with Crippen LogP contribution in [0.1, 0.15) is 42.5 Å². The van der Waals surface area contributed by atoms with Gasteiger partial charge >= 0.3 is 0 Å². The minimum absolute atomic E-state index is 0.0688. The van der Waals surface area contributed by atoms with Gasteiger partial charge in [0.25, 0.3) is 5.91 Å². The first-order valence-corrected chi connectivity index (χ1v) is 10.4. The highest BCUT2D eigenvalue weighted by Gasteiger charge is 2.31. The van der Waals surface area contributed by atoms with Crippen molar-refractivity contribution in [2.75, 3.05) is 5.32 Å². The van der Waals surface area contributed by atoms with Gasteiger partial charge in [-0.25, -0.2) is 0 Å². The molecule has 2 atom stereocenters. The van der Waals surface area contributed by atoms with Crippen molar-refractivity contribution < 1.29 is 14.9 Å². The summed E-state index contributed by atoms with van der Waals surface area (Å²) >= 11 is 0. The summed E-state index contributed by atoms with van der Waals surface area (Å²) in [7, 11) is 0. The predicted octanol–water partition coefficient (Wildman–Crippen LogP) is 2.46. The van der Waals surface area contributed by atoms with Crippen molar-refractivity contribution in [2.24, 2.45) is 5.92 Å². The number of nitrogens with two attached hydrogens (primary N) is 1. The lowest BCUT2D eigenvalue weighted by Gasteiger charge is -2.25. The molecule has 0 spiro atoms. The summed E-state index contributed by atoms with van der Waals surface area (Å²) in [6.45, 7) is 8.93. The zero-order chi connectivity index (χ0) is 21.0. The van der Waals surface area contributed by atoms with Crippen LogP contribution >= 0.6 is 0 Å². The van der Waals surface area contributed by atoms with Gasteiger partial charge in [0.1, 0.15) is 12.6 Å². The Balaban J connectivity index is 1.68. The van der Waals surface area contributed by atoms with Crippen molar-refractivity contribution in [2.45, 2.75) is 59.2 Å².